The van der Waals surface area contributed by atoms with Crippen LogP contribution in [0.3, 0.4) is 0 Å². The van der Waals surface area contributed by atoms with Gasteiger partial charge in [-0.25, -0.2) is 0 Å². The largest absolute Gasteiger partial charge is 0.460 e. The van der Waals surface area contributed by atoms with Crippen molar-refractivity contribution in [2.75, 3.05) is 0 Å². The van der Waals surface area contributed by atoms with Gasteiger partial charge in [-0.2, -0.15) is 122 Å². The molecule has 0 saturated heterocycles. The van der Waals surface area contributed by atoms with E-state index in [1.807, 2.05) is 0 Å². The molecule has 0 fully saturated rings. The van der Waals surface area contributed by atoms with Crippen LogP contribution < -0.4 is 9.47 Å². The lowest BCUT2D eigenvalue weighted by Gasteiger charge is -2.31. The molecule has 10 nitrogen and oxygen atoms in total. The van der Waals surface area contributed by atoms with E-state index >= 15 is 0 Å². The molecule has 0 aliphatic rings. The average molecular weight is 1010 g/mol. The van der Waals surface area contributed by atoms with Crippen LogP contribution >= 0.6 is 0 Å². The second-order valence-electron chi connectivity index (χ2n) is 11.4. The molecule has 360 valence electrons. The predicted molar refractivity (Wildman–Crippen MR) is 155 cm³/mol. The first-order valence-corrected chi connectivity index (χ1v) is 17.7. The zero-order valence-electron chi connectivity index (χ0n) is 29.0. The summed E-state index contributed by atoms with van der Waals surface area (Å²) < 4.78 is 379. The fourth-order valence-electron chi connectivity index (χ4n) is 3.72. The van der Waals surface area contributed by atoms with Crippen molar-refractivity contribution >= 4 is 31.7 Å². The van der Waals surface area contributed by atoms with Crippen LogP contribution in [0, 0.1) is 0 Å². The Labute approximate surface area is 332 Å². The molecule has 2 aromatic rings. The van der Waals surface area contributed by atoms with Gasteiger partial charge in [-0.05, 0) is 48.5 Å². The number of ether oxygens (including phenoxy) is 2. The van der Waals surface area contributed by atoms with E-state index in [-0.39, 0.29) is 30.7 Å². The van der Waals surface area contributed by atoms with Crippen molar-refractivity contribution in [3.63, 3.8) is 0 Å². The van der Waals surface area contributed by atoms with E-state index in [0.29, 0.717) is 24.3 Å². The summed E-state index contributed by atoms with van der Waals surface area (Å²) in [7, 11) is -15.8. The monoisotopic (exact) mass is 1010 g/mol. The van der Waals surface area contributed by atoms with E-state index in [2.05, 4.69) is 8.57 Å². The van der Waals surface area contributed by atoms with E-state index in [1.54, 1.807) is 10.3 Å². The Morgan fingerprint density at radius 3 is 0.921 bits per heavy atom. The first-order valence-electron chi connectivity index (χ1n) is 14.9. The Bertz CT molecular complexity index is 2060. The Balaban J connectivity index is 2.37. The van der Waals surface area contributed by atoms with E-state index in [4.69, 9.17) is 9.47 Å². The highest BCUT2D eigenvalue weighted by molar-refractivity contribution is 7.88. The van der Waals surface area contributed by atoms with Gasteiger partial charge in [0.2, 0.25) is 6.29 Å². The lowest BCUT2D eigenvalue weighted by Crippen LogP contribution is -2.63. The smallest absolute Gasteiger partial charge is 0.455 e. The molecule has 0 aromatic heterocycles. The third-order valence-corrected chi connectivity index (χ3v) is 9.28. The number of oxime groups is 2. The van der Waals surface area contributed by atoms with Crippen LogP contribution in [0.25, 0.3) is 0 Å². The minimum absolute atomic E-state index is 0.225. The Morgan fingerprint density at radius 1 is 0.460 bits per heavy atom. The minimum atomic E-state index is -7.92. The van der Waals surface area contributed by atoms with Gasteiger partial charge in [-0.15, -0.1) is 0 Å². The highest BCUT2D eigenvalue weighted by Crippen LogP contribution is 2.56. The molecule has 0 heterocycles. The Hall–Kier alpha value is -4.80. The second kappa shape index (κ2) is 17.0. The molecule has 0 aliphatic carbocycles. The van der Waals surface area contributed by atoms with Crippen molar-refractivity contribution in [1.29, 1.82) is 0 Å². The highest BCUT2D eigenvalue weighted by atomic mass is 32.2. The number of hydrogen-bond donors (Lipinski definition) is 0. The standard InChI is InChI=1S/C27H14F24N2O8S2/c1-2-15(58-13-7-3-11(4-8-13)16(18(28,29)30)52-60-62(54,55)26(48,49)22(38,39)20(34,35)24(42,43)44)59-14-9-5-12(6-10-14)17(19(31,32)33)53-61-63(56,57)27(50,51)23(40,41)21(36,37)25(45,46)47/h3-10,15H,2H2,1H3. The van der Waals surface area contributed by atoms with Crippen LogP contribution in [0.15, 0.2) is 58.8 Å². The lowest BCUT2D eigenvalue weighted by atomic mass is 10.1. The third kappa shape index (κ3) is 10.4. The molecule has 2 rings (SSSR count). The molecule has 0 N–H and O–H groups in total. The van der Waals surface area contributed by atoms with Crippen LogP contribution in [0.1, 0.15) is 24.5 Å². The SMILES string of the molecule is CCC(Oc1ccc(C(=NOS(=O)(=O)C(F)(F)C(F)(F)C(F)(F)C(F)(F)F)C(F)(F)F)cc1)Oc1ccc(C(=NOS(=O)(=O)C(F)(F)C(F)(F)C(F)(F)C(F)(F)F)C(F)(F)F)cc1. The van der Waals surface area contributed by atoms with Crippen molar-refractivity contribution < 1.29 is 140 Å². The lowest BCUT2D eigenvalue weighted by molar-refractivity contribution is -0.383. The minimum Gasteiger partial charge on any atom is -0.455 e. The first-order chi connectivity index (χ1) is 27.8. The molecular weight excluding hydrogens is 1000 g/mol. The second-order valence-corrected chi connectivity index (χ2v) is 14.5. The Kier molecular flexibility index (Phi) is 14.6. The van der Waals surface area contributed by atoms with Gasteiger partial charge >= 0.3 is 79.1 Å². The van der Waals surface area contributed by atoms with Gasteiger partial charge in [0.25, 0.3) is 0 Å². The van der Waals surface area contributed by atoms with Crippen molar-refractivity contribution in [3.05, 3.63) is 59.7 Å². The quantitative estimate of drug-likeness (QED) is 0.0663. The number of hydrogen-bond acceptors (Lipinski definition) is 10. The molecule has 0 radical (unpaired) electrons. The number of benzene rings is 2. The summed E-state index contributed by atoms with van der Waals surface area (Å²) in [4.78, 5) is 0. The zero-order chi connectivity index (χ0) is 49.6. The maximum absolute atomic E-state index is 13.8. The molecule has 63 heavy (non-hydrogen) atoms. The zero-order valence-corrected chi connectivity index (χ0v) is 30.6. The molecule has 0 bridgehead atoms. The molecule has 0 spiro atoms. The van der Waals surface area contributed by atoms with Gasteiger partial charge in [-0.1, -0.05) is 17.2 Å². The molecule has 0 atom stereocenters. The van der Waals surface area contributed by atoms with Crippen molar-refractivity contribution in [3.8, 4) is 11.5 Å². The third-order valence-electron chi connectivity index (χ3n) is 6.97. The first kappa shape index (κ1) is 54.3. The molecule has 2 aromatic carbocycles. The van der Waals surface area contributed by atoms with Crippen LogP contribution in [0.5, 0.6) is 11.5 Å². The van der Waals surface area contributed by atoms with Crippen LogP contribution in [0.2, 0.25) is 0 Å². The number of alkyl halides is 24. The van der Waals surface area contributed by atoms with Gasteiger partial charge in [-0.3, -0.25) is 8.57 Å². The Morgan fingerprint density at radius 2 is 0.714 bits per heavy atom. The molecular formula is C27H14F24N2O8S2. The van der Waals surface area contributed by atoms with Crippen molar-refractivity contribution in [2.24, 2.45) is 10.3 Å². The number of nitrogens with zero attached hydrogens (tertiary/aromatic N) is 2. The van der Waals surface area contributed by atoms with Crippen molar-refractivity contribution in [2.45, 2.75) is 78.5 Å². The van der Waals surface area contributed by atoms with Crippen LogP contribution in [0.4, 0.5) is 105 Å². The van der Waals surface area contributed by atoms with E-state index in [0.717, 1.165) is 0 Å². The van der Waals surface area contributed by atoms with Gasteiger partial charge in [0.05, 0.1) is 0 Å². The summed E-state index contributed by atoms with van der Waals surface area (Å²) in [6, 6.07) is 2.83. The number of rotatable bonds is 17. The average Bonchev–Trinajstić information content (AvgIpc) is 3.10. The summed E-state index contributed by atoms with van der Waals surface area (Å²) in [5.41, 5.74) is -8.36. The maximum Gasteiger partial charge on any atom is 0.460 e. The van der Waals surface area contributed by atoms with Crippen LogP contribution in [-0.2, 0) is 28.8 Å². The molecule has 0 saturated carbocycles. The predicted octanol–water partition coefficient (Wildman–Crippen LogP) is 9.96. The molecule has 0 unspecified atom stereocenters. The van der Waals surface area contributed by atoms with Gasteiger partial charge in [0, 0.05) is 17.5 Å². The maximum atomic E-state index is 13.8. The number of halogens is 24. The fourth-order valence-corrected chi connectivity index (χ4v) is 5.13. The summed E-state index contributed by atoms with van der Waals surface area (Å²) in [6.07, 6.45) is -29.1. The van der Waals surface area contributed by atoms with Gasteiger partial charge in [0.15, 0.2) is 11.4 Å². The highest BCUT2D eigenvalue weighted by Gasteiger charge is 2.87. The summed E-state index contributed by atoms with van der Waals surface area (Å²) in [5, 5.41) is -11.9. The summed E-state index contributed by atoms with van der Waals surface area (Å²) in [5.74, 6) is -32.6. The topological polar surface area (TPSA) is 130 Å². The fraction of sp³-hybridized carbons (Fsp3) is 0.481. The molecule has 0 aliphatic heterocycles. The van der Waals surface area contributed by atoms with Gasteiger partial charge < -0.3 is 9.47 Å². The summed E-state index contributed by atoms with van der Waals surface area (Å²) >= 11 is 0. The van der Waals surface area contributed by atoms with Crippen LogP contribution in [-0.4, -0.2) is 93.5 Å². The van der Waals surface area contributed by atoms with Crippen molar-refractivity contribution in [1.82, 2.24) is 0 Å². The molecule has 0 amide bonds. The summed E-state index contributed by atoms with van der Waals surface area (Å²) in [6.45, 7) is 1.21. The molecule has 36 heteroatoms. The van der Waals surface area contributed by atoms with E-state index < -0.39 is 119 Å². The van der Waals surface area contributed by atoms with E-state index in [1.165, 1.54) is 6.92 Å². The van der Waals surface area contributed by atoms with E-state index in [9.17, 15) is 122 Å². The van der Waals surface area contributed by atoms with Gasteiger partial charge in [0.1, 0.15) is 11.5 Å². The normalized spacial score (nSPS) is 15.8.